The van der Waals surface area contributed by atoms with Crippen molar-refractivity contribution < 1.29 is 14.3 Å². The SMILES string of the molecule is Cc1cc(=O)oc2c(/C=N/NC(=O)c3ccncc3)c(O)ccc12. The van der Waals surface area contributed by atoms with Gasteiger partial charge >= 0.3 is 5.63 Å². The molecule has 0 aliphatic heterocycles. The third-order valence-corrected chi connectivity index (χ3v) is 3.44. The maximum Gasteiger partial charge on any atom is 0.336 e. The fourth-order valence-corrected chi connectivity index (χ4v) is 2.24. The fraction of sp³-hybridized carbons (Fsp3) is 0.0588. The highest BCUT2D eigenvalue weighted by atomic mass is 16.4. The summed E-state index contributed by atoms with van der Waals surface area (Å²) in [5, 5.41) is 14.5. The van der Waals surface area contributed by atoms with E-state index in [1.165, 1.54) is 30.7 Å². The lowest BCUT2D eigenvalue weighted by Crippen LogP contribution is -2.17. The van der Waals surface area contributed by atoms with Crippen molar-refractivity contribution in [2.24, 2.45) is 5.10 Å². The summed E-state index contributed by atoms with van der Waals surface area (Å²) in [6, 6.07) is 7.58. The normalized spacial score (nSPS) is 11.0. The molecule has 0 bridgehead atoms. The molecule has 0 spiro atoms. The average Bonchev–Trinajstić information content (AvgIpc) is 2.57. The molecule has 1 aromatic carbocycles. The topological polar surface area (TPSA) is 105 Å². The predicted octanol–water partition coefficient (Wildman–Crippen LogP) is 1.97. The van der Waals surface area contributed by atoms with E-state index in [0.29, 0.717) is 10.9 Å². The maximum atomic E-state index is 11.9. The van der Waals surface area contributed by atoms with Crippen LogP contribution in [-0.2, 0) is 0 Å². The number of carbonyl (C=O) groups excluding carboxylic acids is 1. The van der Waals surface area contributed by atoms with Crippen LogP contribution in [0.4, 0.5) is 0 Å². The summed E-state index contributed by atoms with van der Waals surface area (Å²) in [7, 11) is 0. The Morgan fingerprint density at radius 3 is 2.79 bits per heavy atom. The fourth-order valence-electron chi connectivity index (χ4n) is 2.24. The zero-order valence-electron chi connectivity index (χ0n) is 12.7. The Morgan fingerprint density at radius 1 is 1.29 bits per heavy atom. The molecule has 0 aliphatic carbocycles. The number of rotatable bonds is 3. The minimum atomic E-state index is -0.527. The molecule has 7 nitrogen and oxygen atoms in total. The zero-order valence-corrected chi connectivity index (χ0v) is 12.7. The highest BCUT2D eigenvalue weighted by Gasteiger charge is 2.11. The monoisotopic (exact) mass is 323 g/mol. The number of aromatic nitrogens is 1. The first-order valence-electron chi connectivity index (χ1n) is 7.06. The van der Waals surface area contributed by atoms with Crippen molar-refractivity contribution in [2.45, 2.75) is 6.92 Å². The van der Waals surface area contributed by atoms with Gasteiger partial charge in [-0.25, -0.2) is 10.2 Å². The summed E-state index contributed by atoms with van der Waals surface area (Å²) in [4.78, 5) is 27.3. The van der Waals surface area contributed by atoms with Crippen LogP contribution in [0, 0.1) is 6.92 Å². The Morgan fingerprint density at radius 2 is 2.04 bits per heavy atom. The Balaban J connectivity index is 1.94. The number of amides is 1. The van der Waals surface area contributed by atoms with Gasteiger partial charge in [0.05, 0.1) is 11.8 Å². The van der Waals surface area contributed by atoms with E-state index >= 15 is 0 Å². The number of hydrogen-bond donors (Lipinski definition) is 2. The van der Waals surface area contributed by atoms with Crippen molar-refractivity contribution >= 4 is 23.1 Å². The van der Waals surface area contributed by atoms with Crippen molar-refractivity contribution in [3.8, 4) is 5.75 Å². The minimum Gasteiger partial charge on any atom is -0.507 e. The Kier molecular flexibility index (Phi) is 4.07. The van der Waals surface area contributed by atoms with Gasteiger partial charge in [-0.3, -0.25) is 9.78 Å². The standard InChI is InChI=1S/C17H13N3O4/c1-10-8-15(22)24-16-12(10)2-3-14(21)13(16)9-19-20-17(23)11-4-6-18-7-5-11/h2-9,21H,1H3,(H,20,23)/b19-9+. The first-order chi connectivity index (χ1) is 11.6. The van der Waals surface area contributed by atoms with Crippen LogP contribution < -0.4 is 11.1 Å². The van der Waals surface area contributed by atoms with Crippen LogP contribution in [0.15, 0.2) is 57.0 Å². The van der Waals surface area contributed by atoms with E-state index in [4.69, 9.17) is 4.42 Å². The molecule has 0 fully saturated rings. The molecule has 2 heterocycles. The number of fused-ring (bicyclic) bond motifs is 1. The second kappa shape index (κ2) is 6.33. The van der Waals surface area contributed by atoms with Crippen molar-refractivity contribution in [3.63, 3.8) is 0 Å². The smallest absolute Gasteiger partial charge is 0.336 e. The molecular formula is C17H13N3O4. The summed E-state index contributed by atoms with van der Waals surface area (Å²) in [6.45, 7) is 1.77. The van der Waals surface area contributed by atoms with Gasteiger partial charge in [0.25, 0.3) is 5.91 Å². The average molecular weight is 323 g/mol. The van der Waals surface area contributed by atoms with Crippen molar-refractivity contribution in [1.82, 2.24) is 10.4 Å². The third-order valence-electron chi connectivity index (χ3n) is 3.44. The Hall–Kier alpha value is -3.48. The molecule has 24 heavy (non-hydrogen) atoms. The summed E-state index contributed by atoms with van der Waals surface area (Å²) in [5.41, 5.74) is 3.35. The number of carbonyl (C=O) groups is 1. The van der Waals surface area contributed by atoms with Gasteiger partial charge in [-0.15, -0.1) is 0 Å². The van der Waals surface area contributed by atoms with E-state index < -0.39 is 11.5 Å². The number of phenols is 1. The summed E-state index contributed by atoms with van der Waals surface area (Å²) >= 11 is 0. The number of pyridine rings is 1. The number of hydrazone groups is 1. The van der Waals surface area contributed by atoms with Gasteiger partial charge in [0.2, 0.25) is 0 Å². The molecule has 120 valence electrons. The lowest BCUT2D eigenvalue weighted by molar-refractivity contribution is 0.0955. The van der Waals surface area contributed by atoms with Crippen LogP contribution in [-0.4, -0.2) is 22.2 Å². The molecule has 0 unspecified atom stereocenters. The number of benzene rings is 1. The molecule has 0 atom stereocenters. The zero-order chi connectivity index (χ0) is 17.1. The van der Waals surface area contributed by atoms with E-state index in [0.717, 1.165) is 5.56 Å². The minimum absolute atomic E-state index is 0.113. The number of nitrogens with one attached hydrogen (secondary N) is 1. The second-order valence-corrected chi connectivity index (χ2v) is 5.06. The molecule has 0 saturated heterocycles. The maximum absolute atomic E-state index is 11.9. The van der Waals surface area contributed by atoms with Gasteiger partial charge in [-0.1, -0.05) is 0 Å². The molecule has 0 aliphatic rings. The Labute approximate surface area is 136 Å². The van der Waals surface area contributed by atoms with Crippen molar-refractivity contribution in [1.29, 1.82) is 0 Å². The van der Waals surface area contributed by atoms with E-state index in [2.05, 4.69) is 15.5 Å². The Bertz CT molecular complexity index is 994. The van der Waals surface area contributed by atoms with Gasteiger partial charge in [0, 0.05) is 29.4 Å². The van der Waals surface area contributed by atoms with Crippen LogP contribution >= 0.6 is 0 Å². The summed E-state index contributed by atoms with van der Waals surface area (Å²) in [6.07, 6.45) is 4.22. The molecule has 0 saturated carbocycles. The van der Waals surface area contributed by atoms with Gasteiger partial charge in [0.1, 0.15) is 5.75 Å². The summed E-state index contributed by atoms with van der Waals surface area (Å²) < 4.78 is 5.17. The van der Waals surface area contributed by atoms with Crippen molar-refractivity contribution in [3.05, 3.63) is 69.8 Å². The van der Waals surface area contributed by atoms with Crippen LogP contribution in [0.2, 0.25) is 0 Å². The van der Waals surface area contributed by atoms with Crippen LogP contribution in [0.1, 0.15) is 21.5 Å². The first-order valence-corrected chi connectivity index (χ1v) is 7.06. The number of phenolic OH excluding ortho intramolecular Hbond substituents is 1. The highest BCUT2D eigenvalue weighted by Crippen LogP contribution is 2.26. The number of aromatic hydroxyl groups is 1. The van der Waals surface area contributed by atoms with Crippen LogP contribution in [0.25, 0.3) is 11.0 Å². The van der Waals surface area contributed by atoms with Crippen molar-refractivity contribution in [2.75, 3.05) is 0 Å². The second-order valence-electron chi connectivity index (χ2n) is 5.06. The third kappa shape index (κ3) is 3.00. The van der Waals surface area contributed by atoms with Gasteiger partial charge < -0.3 is 9.52 Å². The van der Waals surface area contributed by atoms with E-state index in [9.17, 15) is 14.7 Å². The van der Waals surface area contributed by atoms with Crippen LogP contribution in [0.5, 0.6) is 5.75 Å². The largest absolute Gasteiger partial charge is 0.507 e. The molecule has 3 rings (SSSR count). The summed E-state index contributed by atoms with van der Waals surface area (Å²) in [5.74, 6) is -0.538. The lowest BCUT2D eigenvalue weighted by atomic mass is 10.1. The molecule has 2 aromatic heterocycles. The molecule has 2 N–H and O–H groups in total. The lowest BCUT2D eigenvalue weighted by Gasteiger charge is -2.05. The highest BCUT2D eigenvalue weighted by molar-refractivity contribution is 6.01. The van der Waals surface area contributed by atoms with Crippen LogP contribution in [0.3, 0.4) is 0 Å². The first kappa shape index (κ1) is 15.4. The molecule has 0 radical (unpaired) electrons. The molecular weight excluding hydrogens is 310 g/mol. The molecule has 3 aromatic rings. The number of hydrogen-bond acceptors (Lipinski definition) is 6. The van der Waals surface area contributed by atoms with Gasteiger partial charge in [-0.2, -0.15) is 5.10 Å². The predicted molar refractivity (Wildman–Crippen MR) is 88.2 cm³/mol. The van der Waals surface area contributed by atoms with E-state index in [1.54, 1.807) is 25.1 Å². The van der Waals surface area contributed by atoms with E-state index in [-0.39, 0.29) is 16.9 Å². The number of nitrogens with zero attached hydrogens (tertiary/aromatic N) is 2. The van der Waals surface area contributed by atoms with Gasteiger partial charge in [-0.05, 0) is 36.8 Å². The van der Waals surface area contributed by atoms with Gasteiger partial charge in [0.15, 0.2) is 5.58 Å². The quantitative estimate of drug-likeness (QED) is 0.435. The molecule has 7 heteroatoms. The number of aryl methyl sites for hydroxylation is 1. The van der Waals surface area contributed by atoms with E-state index in [1.807, 2.05) is 0 Å². The molecule has 1 amide bonds.